The zero-order valence-corrected chi connectivity index (χ0v) is 52.1. The number of rotatable bonds is 11. The number of hydrogen-bond acceptors (Lipinski definition) is 4. The van der Waals surface area contributed by atoms with E-state index in [4.69, 9.17) is 9.72 Å². The molecular formula is C78H68BN5OPt. The second-order valence-corrected chi connectivity index (χ2v) is 26.0. The quantitative estimate of drug-likeness (QED) is 0.121. The zero-order chi connectivity index (χ0) is 60.8. The van der Waals surface area contributed by atoms with Crippen molar-refractivity contribution >= 4 is 46.4 Å². The van der Waals surface area contributed by atoms with Crippen LogP contribution in [0.1, 0.15) is 74.8 Å². The number of nitrogens with zero attached hydrogens (tertiary/aromatic N) is 5. The summed E-state index contributed by atoms with van der Waals surface area (Å²) < 4.78 is 32.2. The molecule has 8 heteroatoms. The number of para-hydroxylation sites is 5. The van der Waals surface area contributed by atoms with Crippen LogP contribution in [0, 0.1) is 9.72 Å². The molecular weight excluding hydrogens is 1230 g/mol. The van der Waals surface area contributed by atoms with E-state index >= 15 is 0 Å². The summed E-state index contributed by atoms with van der Waals surface area (Å²) in [4.78, 5) is 10.2. The number of benzene rings is 10. The predicted octanol–water partition coefficient (Wildman–Crippen LogP) is 19.8. The van der Waals surface area contributed by atoms with Crippen LogP contribution in [0.4, 0.5) is 22.9 Å². The molecule has 0 radical (unpaired) electrons. The summed E-state index contributed by atoms with van der Waals surface area (Å²) in [6.07, 6.45) is -1.66. The second-order valence-electron chi connectivity index (χ2n) is 25.0. The number of ether oxygens (including phenoxy) is 1. The van der Waals surface area contributed by atoms with Crippen molar-refractivity contribution in [2.24, 2.45) is 5.92 Å². The molecule has 12 aromatic rings. The number of anilines is 4. The van der Waals surface area contributed by atoms with E-state index in [2.05, 4.69) is 292 Å². The van der Waals surface area contributed by atoms with Gasteiger partial charge in [0.25, 0.3) is 0 Å². The Kier molecular flexibility index (Phi) is 13.3. The number of fused-ring (bicyclic) bond motifs is 9. The summed E-state index contributed by atoms with van der Waals surface area (Å²) in [7, 11) is 0. The van der Waals surface area contributed by atoms with Crippen LogP contribution in [0.5, 0.6) is 11.6 Å². The van der Waals surface area contributed by atoms with Gasteiger partial charge in [0, 0.05) is 11.3 Å². The van der Waals surface area contributed by atoms with Gasteiger partial charge in [-0.15, -0.1) is 0 Å². The standard InChI is InChI=1S/C78H68BN5O.Pt/c1-52(2)44-55-30-15-16-31-61(55)64-43-42-60(50-73(64)85-75-41-25-40-74(80-75)84-72-39-24-23-38-71(72)83-68-35-20-18-33-63(68)62-32-17-19-34-67(62)79(83)84)81-51-82(70-37-22-21-36-69(70)81)76-65(54-28-13-10-14-29-54)48-59(78(6,7)8)49-66(76)57-45-56(53-26-11-9-12-27-53)46-58(47-57)77(3,4)5;/h9-43,45-50,52H,44H2,1-8H3;/i44D2;. The Labute approximate surface area is 520 Å². The van der Waals surface area contributed by atoms with Crippen molar-refractivity contribution in [3.63, 3.8) is 0 Å². The summed E-state index contributed by atoms with van der Waals surface area (Å²) in [5.41, 5.74) is 22.0. The Hall–Kier alpha value is -9.03. The fourth-order valence-corrected chi connectivity index (χ4v) is 13.8. The Balaban J connectivity index is 0.984. The molecule has 6 nitrogen and oxygen atoms in total. The van der Waals surface area contributed by atoms with E-state index in [0.717, 1.165) is 82.5 Å². The molecule has 14 rings (SSSR count). The van der Waals surface area contributed by atoms with Gasteiger partial charge in [0.05, 0.1) is 0 Å². The van der Waals surface area contributed by atoms with Gasteiger partial charge in [0.15, 0.2) is 0 Å². The average molecular weight is 1300 g/mol. The molecule has 0 aliphatic carbocycles. The van der Waals surface area contributed by atoms with Gasteiger partial charge in [-0.05, 0) is 17.7 Å². The second kappa shape index (κ2) is 21.8. The van der Waals surface area contributed by atoms with Gasteiger partial charge in [-0.3, -0.25) is 0 Å². The third-order valence-corrected chi connectivity index (χ3v) is 17.9. The predicted molar refractivity (Wildman–Crippen MR) is 356 cm³/mol. The molecule has 0 fully saturated rings. The van der Waals surface area contributed by atoms with Crippen LogP contribution < -0.4 is 19.8 Å². The fraction of sp³-hybridized carbons (Fsp3) is 0.154. The molecule has 2 aromatic heterocycles. The van der Waals surface area contributed by atoms with E-state index in [1.807, 2.05) is 50.2 Å². The minimum atomic E-state index is -1.66. The molecule has 2 aliphatic heterocycles. The van der Waals surface area contributed by atoms with Gasteiger partial charge in [0.2, 0.25) is 0 Å². The molecule has 10 aromatic carbocycles. The molecule has 0 N–H and O–H groups in total. The van der Waals surface area contributed by atoms with Gasteiger partial charge in [-0.1, -0.05) is 54.6 Å². The summed E-state index contributed by atoms with van der Waals surface area (Å²) in [5, 5.41) is 0. The van der Waals surface area contributed by atoms with Crippen LogP contribution in [-0.4, -0.2) is 21.1 Å². The van der Waals surface area contributed by atoms with Gasteiger partial charge in [-0.25, -0.2) is 0 Å². The van der Waals surface area contributed by atoms with E-state index in [9.17, 15) is 2.74 Å². The maximum atomic E-state index is 9.54. The molecule has 0 amide bonds. The Morgan fingerprint density at radius 1 is 0.465 bits per heavy atom. The molecule has 86 heavy (non-hydrogen) atoms. The van der Waals surface area contributed by atoms with Crippen molar-refractivity contribution < 1.29 is 26.8 Å². The summed E-state index contributed by atoms with van der Waals surface area (Å²) in [5.74, 6) is 1.39. The first-order chi connectivity index (χ1) is 42.4. The Bertz CT molecular complexity index is 4750. The van der Waals surface area contributed by atoms with Crippen LogP contribution in [0.2, 0.25) is 0 Å². The summed E-state index contributed by atoms with van der Waals surface area (Å²) in [6, 6.07) is 88.5. The van der Waals surface area contributed by atoms with Crippen molar-refractivity contribution in [1.82, 2.24) is 14.1 Å². The van der Waals surface area contributed by atoms with Crippen molar-refractivity contribution in [3.05, 3.63) is 269 Å². The molecule has 0 saturated heterocycles. The molecule has 0 saturated carbocycles. The normalized spacial score (nSPS) is 13.3. The zero-order valence-electron chi connectivity index (χ0n) is 51.8. The van der Waals surface area contributed by atoms with Crippen molar-refractivity contribution in [2.75, 3.05) is 9.62 Å². The van der Waals surface area contributed by atoms with Crippen molar-refractivity contribution in [2.45, 2.75) is 72.6 Å². The van der Waals surface area contributed by atoms with Crippen LogP contribution >= 0.6 is 0 Å². The molecule has 4 heterocycles. The SMILES string of the molecule is [2H]C([2H])(c1ccccc1-c1ccc(-n2[c](=[Pt])n(-c3c(-c4ccccc4)cc(C(C)(C)C)cc3-c3cc(-c4ccccc4)cc(C(C)(C)C)c3)c3ccccc32)cc1Oc1cccc(N2B3c4ccccc4-c4ccccc4N3c3ccccc32)n1)C(C)C. The third kappa shape index (κ3) is 9.76. The maximum absolute atomic E-state index is 9.54. The minimum absolute atomic E-state index is 0.141. The van der Waals surface area contributed by atoms with Crippen molar-refractivity contribution in [1.29, 1.82) is 0 Å². The number of pyridine rings is 1. The first-order valence-electron chi connectivity index (χ1n) is 30.8. The molecule has 0 spiro atoms. The van der Waals surface area contributed by atoms with E-state index in [1.54, 1.807) is 0 Å². The van der Waals surface area contributed by atoms with Crippen molar-refractivity contribution in [3.8, 4) is 78.6 Å². The topological polar surface area (TPSA) is 38.5 Å². The van der Waals surface area contributed by atoms with Crippen LogP contribution in [0.15, 0.2) is 249 Å². The van der Waals surface area contributed by atoms with E-state index in [0.29, 0.717) is 17.2 Å². The summed E-state index contributed by atoms with van der Waals surface area (Å²) in [6.45, 7) is 17.5. The van der Waals surface area contributed by atoms with Crippen LogP contribution in [-0.2, 0) is 36.6 Å². The monoisotopic (exact) mass is 1300 g/mol. The van der Waals surface area contributed by atoms with Gasteiger partial charge >= 0.3 is 440 Å². The number of aromatic nitrogens is 3. The number of hydrogen-bond donors (Lipinski definition) is 0. The molecule has 2 aliphatic rings. The number of imidazole rings is 1. The fourth-order valence-electron chi connectivity index (χ4n) is 12.7. The van der Waals surface area contributed by atoms with Gasteiger partial charge < -0.3 is 0 Å². The first kappa shape index (κ1) is 52.5. The first-order valence-corrected chi connectivity index (χ1v) is 31.0. The van der Waals surface area contributed by atoms with Crippen LogP contribution in [0.25, 0.3) is 78.0 Å². The molecule has 0 unspecified atom stereocenters. The molecule has 0 bridgehead atoms. The molecule has 424 valence electrons. The van der Waals surface area contributed by atoms with E-state index < -0.39 is 6.37 Å². The van der Waals surface area contributed by atoms with E-state index in [-0.39, 0.29) is 23.7 Å². The molecule has 0 atom stereocenters. The Morgan fingerprint density at radius 2 is 1.02 bits per heavy atom. The van der Waals surface area contributed by atoms with Gasteiger partial charge in [0.1, 0.15) is 0 Å². The van der Waals surface area contributed by atoms with E-state index in [1.165, 1.54) is 38.8 Å². The third-order valence-electron chi connectivity index (χ3n) is 16.8. The Morgan fingerprint density at radius 3 is 1.72 bits per heavy atom. The van der Waals surface area contributed by atoms with Gasteiger partial charge in [-0.2, -0.15) is 0 Å². The summed E-state index contributed by atoms with van der Waals surface area (Å²) >= 11 is 2.54. The van der Waals surface area contributed by atoms with Crippen LogP contribution in [0.3, 0.4) is 0 Å². The average Bonchev–Trinajstić information content (AvgIpc) is 2.71.